The summed E-state index contributed by atoms with van der Waals surface area (Å²) in [5.74, 6) is 3.19. The van der Waals surface area contributed by atoms with Crippen molar-refractivity contribution >= 4 is 63.5 Å². The van der Waals surface area contributed by atoms with Gasteiger partial charge in [-0.25, -0.2) is 4.99 Å². The number of benzene rings is 4. The molecule has 74 heavy (non-hydrogen) atoms. The van der Waals surface area contributed by atoms with Gasteiger partial charge in [0.25, 0.3) is 5.69 Å². The fraction of sp³-hybridized carbons (Fsp3) is 0.415. The standard InChI is InChI=1S/C15H21NO4.C13H15NO3.C8H9NO3.C8H11NO.C7H12ClNO3.C2H6O/c1-5-19-14(10-15(17)20-6-2)16-12-8-7-9-13(18-4)11(12)3;1-4-17-12-7-10(15)9-5-6-11(16-3)8(2)13(9)14-12;1-6-7(9(10)11)4-3-5-8(6)12-2;1-6-7(9)4-3-5-8(6)10-2;1-3-11-6(9-8)5-7(10)12-4-2;1-2-3/h7-9H,5-6,10H2,1-4H3;5-7H,4H2,1-3H3,(H,14,15);3-5H,1-2H3;3-5H,9H2,1-2H3;3-5H2,1-2H3;3H,2H2,1H3. The average molecular weight is 1060 g/mol. The number of aryl methyl sites for hydroxylation is 1. The summed E-state index contributed by atoms with van der Waals surface area (Å²) in [6, 6.07) is 21.0. The molecule has 0 aliphatic heterocycles. The van der Waals surface area contributed by atoms with Crippen LogP contribution in [-0.2, 0) is 28.5 Å². The van der Waals surface area contributed by atoms with E-state index in [-0.39, 0.29) is 48.4 Å². The summed E-state index contributed by atoms with van der Waals surface area (Å²) >= 11 is 5.15. The molecule has 0 unspecified atom stereocenters. The summed E-state index contributed by atoms with van der Waals surface area (Å²) in [5, 5.41) is 18.7. The van der Waals surface area contributed by atoms with Crippen LogP contribution in [0.3, 0.4) is 0 Å². The number of nitrogens with two attached hydrogens (primary N) is 1. The number of H-pyrrole nitrogens is 1. The maximum Gasteiger partial charge on any atom is 0.315 e. The third-order valence-corrected chi connectivity index (χ3v) is 9.76. The summed E-state index contributed by atoms with van der Waals surface area (Å²) in [4.78, 5) is 51.8. The van der Waals surface area contributed by atoms with Crippen molar-refractivity contribution in [2.75, 3.05) is 73.8 Å². The number of carbonyl (C=O) groups is 2. The van der Waals surface area contributed by atoms with Crippen LogP contribution in [0.1, 0.15) is 76.6 Å². The number of aliphatic imine (C=N–C) groups is 1. The van der Waals surface area contributed by atoms with E-state index in [1.807, 2.05) is 71.0 Å². The number of aromatic amines is 1. The second-order valence-electron chi connectivity index (χ2n) is 14.5. The number of pyridine rings is 1. The lowest BCUT2D eigenvalue weighted by Gasteiger charge is -2.10. The first-order valence-corrected chi connectivity index (χ1v) is 23.8. The minimum absolute atomic E-state index is 0.00875. The predicted molar refractivity (Wildman–Crippen MR) is 290 cm³/mol. The van der Waals surface area contributed by atoms with E-state index >= 15 is 0 Å². The Balaban J connectivity index is 0.000000906. The first kappa shape index (κ1) is 66.4. The van der Waals surface area contributed by atoms with Crippen molar-refractivity contribution in [3.63, 3.8) is 0 Å². The number of aliphatic hydroxyl groups excluding tert-OH is 1. The average Bonchev–Trinajstić information content (AvgIpc) is 3.37. The van der Waals surface area contributed by atoms with E-state index in [0.717, 1.165) is 50.8 Å². The van der Waals surface area contributed by atoms with Gasteiger partial charge in [-0.15, -0.1) is 4.51 Å². The number of hydrogen-bond donors (Lipinski definition) is 3. The number of aliphatic hydroxyl groups is 1. The molecule has 0 radical (unpaired) electrons. The normalized spacial score (nSPS) is 10.3. The van der Waals surface area contributed by atoms with Crippen molar-refractivity contribution in [1.82, 2.24) is 4.98 Å². The maximum absolute atomic E-state index is 11.9. The zero-order chi connectivity index (χ0) is 56.2. The zero-order valence-electron chi connectivity index (χ0n) is 45.0. The van der Waals surface area contributed by atoms with Gasteiger partial charge in [-0.3, -0.25) is 24.5 Å². The lowest BCUT2D eigenvalue weighted by Crippen LogP contribution is -2.14. The number of nitrogens with one attached hydrogen (secondary N) is 1. The number of ether oxygens (including phenoxy) is 9. The molecule has 5 rings (SSSR count). The van der Waals surface area contributed by atoms with Gasteiger partial charge in [-0.1, -0.05) is 18.2 Å². The summed E-state index contributed by atoms with van der Waals surface area (Å²) < 4.78 is 48.9. The van der Waals surface area contributed by atoms with Gasteiger partial charge in [-0.05, 0) is 112 Å². The molecule has 0 amide bonds. The Hall–Kier alpha value is -7.58. The fourth-order valence-electron chi connectivity index (χ4n) is 6.06. The van der Waals surface area contributed by atoms with Gasteiger partial charge in [0.1, 0.15) is 35.8 Å². The molecule has 0 atom stereocenters. The van der Waals surface area contributed by atoms with Crippen molar-refractivity contribution in [3.8, 4) is 28.9 Å². The second-order valence-corrected chi connectivity index (χ2v) is 14.7. The van der Waals surface area contributed by atoms with Crippen LogP contribution < -0.4 is 34.8 Å². The zero-order valence-corrected chi connectivity index (χ0v) is 45.8. The second kappa shape index (κ2) is 38.1. The van der Waals surface area contributed by atoms with E-state index in [0.29, 0.717) is 61.5 Å². The Bertz CT molecular complexity index is 2600. The quantitative estimate of drug-likeness (QED) is 0.0207. The number of esters is 2. The Kier molecular flexibility index (Phi) is 34.2. The number of nitro groups is 1. The van der Waals surface area contributed by atoms with E-state index < -0.39 is 4.92 Å². The van der Waals surface area contributed by atoms with Crippen molar-refractivity contribution in [2.24, 2.45) is 9.50 Å². The topological polar surface area (TPSA) is 264 Å². The largest absolute Gasteiger partial charge is 0.496 e. The Morgan fingerprint density at radius 2 is 1.11 bits per heavy atom. The number of nitro benzene ring substituents is 1. The van der Waals surface area contributed by atoms with Crippen molar-refractivity contribution < 1.29 is 62.3 Å². The number of rotatable bonds is 16. The first-order valence-electron chi connectivity index (χ1n) is 23.4. The molecule has 4 aromatic carbocycles. The molecular weight excluding hydrogens is 982 g/mol. The van der Waals surface area contributed by atoms with E-state index in [2.05, 4.69) is 19.2 Å². The summed E-state index contributed by atoms with van der Waals surface area (Å²) in [6.07, 6.45) is 0.0174. The number of methoxy groups -OCH3 is 4. The highest BCUT2D eigenvalue weighted by molar-refractivity contribution is 6.20. The van der Waals surface area contributed by atoms with Gasteiger partial charge in [-0.2, -0.15) is 0 Å². The smallest absolute Gasteiger partial charge is 0.315 e. The monoisotopic (exact) mass is 1060 g/mol. The number of anilines is 1. The van der Waals surface area contributed by atoms with Crippen LogP contribution in [0.4, 0.5) is 17.1 Å². The van der Waals surface area contributed by atoms with Crippen LogP contribution in [0.5, 0.6) is 28.9 Å². The molecule has 0 fully saturated rings. The van der Waals surface area contributed by atoms with Crippen LogP contribution in [0.25, 0.3) is 10.9 Å². The van der Waals surface area contributed by atoms with Gasteiger partial charge in [0.2, 0.25) is 5.90 Å². The highest BCUT2D eigenvalue weighted by Crippen LogP contribution is 2.29. The Labute approximate surface area is 439 Å². The molecule has 1 aromatic heterocycles. The number of nitrogens with zero attached hydrogens (tertiary/aromatic N) is 3. The number of carbonyl (C=O) groups excluding carboxylic acids is 2. The van der Waals surface area contributed by atoms with Crippen LogP contribution in [0.2, 0.25) is 0 Å². The Morgan fingerprint density at radius 3 is 1.58 bits per heavy atom. The minimum atomic E-state index is -0.419. The Morgan fingerprint density at radius 1 is 0.649 bits per heavy atom. The predicted octanol–water partition coefficient (Wildman–Crippen LogP) is 10.3. The minimum Gasteiger partial charge on any atom is -0.496 e. The van der Waals surface area contributed by atoms with Crippen molar-refractivity contribution in [3.05, 3.63) is 115 Å². The van der Waals surface area contributed by atoms with E-state index in [9.17, 15) is 24.5 Å². The van der Waals surface area contributed by atoms with Crippen molar-refractivity contribution in [2.45, 2.75) is 82.1 Å². The highest BCUT2D eigenvalue weighted by atomic mass is 35.5. The molecule has 21 heteroatoms. The third-order valence-electron chi connectivity index (χ3n) is 9.57. The molecule has 0 bridgehead atoms. The number of aromatic nitrogens is 1. The van der Waals surface area contributed by atoms with Crippen LogP contribution in [-0.4, -0.2) is 107 Å². The molecule has 0 saturated heterocycles. The van der Waals surface area contributed by atoms with E-state index in [1.54, 1.807) is 80.2 Å². The van der Waals surface area contributed by atoms with Gasteiger partial charge >= 0.3 is 11.9 Å². The van der Waals surface area contributed by atoms with Gasteiger partial charge < -0.3 is 58.5 Å². The van der Waals surface area contributed by atoms with Gasteiger partial charge in [0.15, 0.2) is 17.2 Å². The van der Waals surface area contributed by atoms with Crippen LogP contribution in [0, 0.1) is 37.8 Å². The van der Waals surface area contributed by atoms with Crippen LogP contribution >= 0.6 is 11.8 Å². The number of fused-ring (bicyclic) bond motifs is 1. The number of halogens is 1. The summed E-state index contributed by atoms with van der Waals surface area (Å²) in [6.45, 7) is 20.4. The third kappa shape index (κ3) is 23.8. The molecule has 5 aromatic rings. The van der Waals surface area contributed by atoms with E-state index in [1.165, 1.54) is 19.2 Å². The molecule has 0 aliphatic carbocycles. The SMILES string of the molecule is CCO.CCOC(=O)CC(=NCl)OCC.CCOC(=O)CC(=Nc1cccc(OC)c1C)OCC.CCOc1cc(=O)c2ccc(OC)c(C)c2[nH]1.COc1cccc(N)c1C.COc1cccc([N+](=O)[O-])c1C. The maximum atomic E-state index is 11.9. The molecule has 0 saturated carbocycles. The molecule has 408 valence electrons. The fourth-order valence-corrected chi connectivity index (χ4v) is 6.16. The molecule has 20 nitrogen and oxygen atoms in total. The highest BCUT2D eigenvalue weighted by Gasteiger charge is 2.14. The van der Waals surface area contributed by atoms with Crippen molar-refractivity contribution in [1.29, 1.82) is 0 Å². The summed E-state index contributed by atoms with van der Waals surface area (Å²) in [7, 11) is 6.35. The summed E-state index contributed by atoms with van der Waals surface area (Å²) in [5.41, 5.74) is 11.3. The molecule has 0 spiro atoms. The van der Waals surface area contributed by atoms with Gasteiger partial charge in [0, 0.05) is 58.3 Å². The number of nitrogen functional groups attached to an aromatic ring is 1. The molecule has 0 aliphatic rings. The molecule has 4 N–H and O–H groups in total. The first-order chi connectivity index (χ1) is 35.4. The molecule has 1 heterocycles. The van der Waals surface area contributed by atoms with Crippen LogP contribution in [0.15, 0.2) is 87.1 Å². The lowest BCUT2D eigenvalue weighted by atomic mass is 10.1. The molecular formula is C53H74ClN5O15. The van der Waals surface area contributed by atoms with Gasteiger partial charge in [0.05, 0.1) is 83.2 Å². The number of hydrogen-bond acceptors (Lipinski definition) is 18. The van der Waals surface area contributed by atoms with E-state index in [4.69, 9.17) is 60.5 Å². The lowest BCUT2D eigenvalue weighted by molar-refractivity contribution is -0.385.